The number of imidazole rings is 1. The number of aromatic nitrogens is 2. The fourth-order valence-electron chi connectivity index (χ4n) is 9.29. The third kappa shape index (κ3) is 10.8. The van der Waals surface area contributed by atoms with Crippen molar-refractivity contribution in [2.24, 2.45) is 0 Å². The number of nitrogens with one attached hydrogen (secondary N) is 2. The second kappa shape index (κ2) is 20.1. The van der Waals surface area contributed by atoms with Gasteiger partial charge in [-0.1, -0.05) is 68.5 Å². The summed E-state index contributed by atoms with van der Waals surface area (Å²) in [4.78, 5) is 23.0. The highest BCUT2D eigenvalue weighted by Crippen LogP contribution is 2.47. The average molecular weight is 901 g/mol. The number of nitrogens with zero attached hydrogens (tertiary/aromatic N) is 3. The molecule has 5 aromatic rings. The lowest BCUT2D eigenvalue weighted by Crippen LogP contribution is -2.28. The molecule has 12 heteroatoms. The summed E-state index contributed by atoms with van der Waals surface area (Å²) in [6.07, 6.45) is 15.5. The summed E-state index contributed by atoms with van der Waals surface area (Å²) in [7, 11) is -3.99. The third-order valence-corrected chi connectivity index (χ3v) is 13.7. The molecular weight excluding hydrogens is 838 g/mol. The van der Waals surface area contributed by atoms with Crippen LogP contribution in [0.15, 0.2) is 115 Å². The van der Waals surface area contributed by atoms with Gasteiger partial charge in [-0.05, 0) is 113 Å². The van der Waals surface area contributed by atoms with Crippen LogP contribution in [0.1, 0.15) is 94.9 Å². The zero-order chi connectivity index (χ0) is 46.4. The normalized spacial score (nSPS) is 16.1. The van der Waals surface area contributed by atoms with Crippen LogP contribution < -0.4 is 15.0 Å². The largest absolute Gasteiger partial charge is 0.494 e. The maximum absolute atomic E-state index is 14.1. The highest BCUT2D eigenvalue weighted by molar-refractivity contribution is 7.85. The monoisotopic (exact) mass is 900 g/mol. The summed E-state index contributed by atoms with van der Waals surface area (Å²) in [5.41, 5.74) is 10.7. The van der Waals surface area contributed by atoms with E-state index < -0.39 is 10.1 Å². The SMILES string of the molecule is Cc1cc(OCCCNC(=O)CCCCC[N+]2=C(/C=C/C=C/C=C3/N(CCCCS(=O)(=O)O)c4ccccc4C3(C)C)C(C)(C)c3ccccc32)ccc1-c1nc2c(C)c(F)ccc2[nH]1. The number of unbranched alkanes of at least 4 members (excludes halogenated alkanes) is 3. The van der Waals surface area contributed by atoms with Gasteiger partial charge in [0.25, 0.3) is 10.1 Å². The molecule has 0 fully saturated rings. The van der Waals surface area contributed by atoms with Gasteiger partial charge in [-0.3, -0.25) is 9.35 Å². The van der Waals surface area contributed by atoms with Crippen LogP contribution in [-0.4, -0.2) is 71.1 Å². The Balaban J connectivity index is 0.884. The molecular formula is C53H63FN5O5S+. The number of anilines is 1. The van der Waals surface area contributed by atoms with E-state index in [1.807, 2.05) is 31.2 Å². The van der Waals surface area contributed by atoms with Crippen LogP contribution in [0.4, 0.5) is 15.8 Å². The van der Waals surface area contributed by atoms with Gasteiger partial charge in [-0.2, -0.15) is 13.0 Å². The van der Waals surface area contributed by atoms with Gasteiger partial charge in [-0.25, -0.2) is 9.37 Å². The predicted molar refractivity (Wildman–Crippen MR) is 261 cm³/mol. The number of halogens is 1. The van der Waals surface area contributed by atoms with Gasteiger partial charge in [0.2, 0.25) is 11.6 Å². The van der Waals surface area contributed by atoms with Crippen molar-refractivity contribution in [2.45, 2.75) is 97.3 Å². The van der Waals surface area contributed by atoms with Crippen molar-refractivity contribution in [1.29, 1.82) is 0 Å². The molecule has 0 saturated carbocycles. The van der Waals surface area contributed by atoms with E-state index in [0.717, 1.165) is 59.6 Å². The van der Waals surface area contributed by atoms with Crippen LogP contribution in [0.2, 0.25) is 0 Å². The summed E-state index contributed by atoms with van der Waals surface area (Å²) >= 11 is 0. The molecule has 0 atom stereocenters. The van der Waals surface area contributed by atoms with Crippen molar-refractivity contribution in [1.82, 2.24) is 15.3 Å². The Kier molecular flexibility index (Phi) is 14.6. The van der Waals surface area contributed by atoms with Crippen LogP contribution in [0, 0.1) is 19.7 Å². The quantitative estimate of drug-likeness (QED) is 0.0307. The number of ether oxygens (including phenoxy) is 1. The molecule has 0 unspecified atom stereocenters. The van der Waals surface area contributed by atoms with Gasteiger partial charge in [0.1, 0.15) is 23.9 Å². The lowest BCUT2D eigenvalue weighted by Gasteiger charge is -2.27. The molecule has 342 valence electrons. The van der Waals surface area contributed by atoms with Crippen LogP contribution in [-0.2, 0) is 25.7 Å². The summed E-state index contributed by atoms with van der Waals surface area (Å²) < 4.78 is 54.4. The van der Waals surface area contributed by atoms with E-state index in [0.29, 0.717) is 62.3 Å². The summed E-state index contributed by atoms with van der Waals surface area (Å²) in [6, 6.07) is 26.0. The summed E-state index contributed by atoms with van der Waals surface area (Å²) in [6.45, 7) is 15.2. The minimum atomic E-state index is -3.99. The van der Waals surface area contributed by atoms with Gasteiger partial charge in [0.15, 0.2) is 5.71 Å². The zero-order valence-corrected chi connectivity index (χ0v) is 39.4. The van der Waals surface area contributed by atoms with E-state index in [1.54, 1.807) is 13.0 Å². The second-order valence-electron chi connectivity index (χ2n) is 18.3. The summed E-state index contributed by atoms with van der Waals surface area (Å²) in [5, 5.41) is 3.05. The van der Waals surface area contributed by atoms with Gasteiger partial charge >= 0.3 is 0 Å². The first-order valence-electron chi connectivity index (χ1n) is 22.8. The van der Waals surface area contributed by atoms with Gasteiger partial charge in [0.05, 0.1) is 28.8 Å². The van der Waals surface area contributed by atoms with Crippen molar-refractivity contribution in [3.63, 3.8) is 0 Å². The minimum absolute atomic E-state index is 0.0564. The Morgan fingerprint density at radius 3 is 2.45 bits per heavy atom. The topological polar surface area (TPSA) is 128 Å². The molecule has 3 N–H and O–H groups in total. The van der Waals surface area contributed by atoms with E-state index in [9.17, 15) is 22.2 Å². The number of aryl methyl sites for hydroxylation is 2. The lowest BCUT2D eigenvalue weighted by molar-refractivity contribution is -0.438. The van der Waals surface area contributed by atoms with Gasteiger partial charge < -0.3 is 19.9 Å². The minimum Gasteiger partial charge on any atom is -0.494 e. The molecule has 0 radical (unpaired) electrons. The second-order valence-corrected chi connectivity index (χ2v) is 19.8. The maximum atomic E-state index is 14.1. The predicted octanol–water partition coefficient (Wildman–Crippen LogP) is 11.0. The van der Waals surface area contributed by atoms with Crippen LogP contribution in [0.5, 0.6) is 5.75 Å². The average Bonchev–Trinajstić information content (AvgIpc) is 3.86. The molecule has 1 aromatic heterocycles. The summed E-state index contributed by atoms with van der Waals surface area (Å²) in [5.74, 6) is 0.992. The molecule has 7 rings (SSSR count). The number of allylic oxidation sites excluding steroid dienone is 6. The number of fused-ring (bicyclic) bond motifs is 3. The highest BCUT2D eigenvalue weighted by Gasteiger charge is 2.44. The molecule has 10 nitrogen and oxygen atoms in total. The number of hydrogen-bond donors (Lipinski definition) is 3. The number of hydrogen-bond acceptors (Lipinski definition) is 6. The van der Waals surface area contributed by atoms with Crippen LogP contribution in [0.25, 0.3) is 22.4 Å². The third-order valence-electron chi connectivity index (χ3n) is 12.9. The maximum Gasteiger partial charge on any atom is 0.264 e. The molecule has 4 aromatic carbocycles. The Morgan fingerprint density at radius 2 is 1.66 bits per heavy atom. The number of benzene rings is 4. The number of carbonyl (C=O) groups is 1. The van der Waals surface area contributed by atoms with Crippen LogP contribution in [0.3, 0.4) is 0 Å². The smallest absolute Gasteiger partial charge is 0.264 e. The molecule has 0 aliphatic carbocycles. The van der Waals surface area contributed by atoms with Crippen molar-refractivity contribution >= 4 is 44.1 Å². The van der Waals surface area contributed by atoms with E-state index >= 15 is 0 Å². The van der Waals surface area contributed by atoms with Gasteiger partial charge in [-0.15, -0.1) is 0 Å². The molecule has 1 amide bonds. The van der Waals surface area contributed by atoms with Gasteiger partial charge in [0, 0.05) is 71.6 Å². The molecule has 0 saturated heterocycles. The van der Waals surface area contributed by atoms with Crippen LogP contribution >= 0.6 is 0 Å². The Labute approximate surface area is 383 Å². The molecule has 2 aliphatic heterocycles. The van der Waals surface area contributed by atoms with Crippen molar-refractivity contribution in [3.05, 3.63) is 143 Å². The number of rotatable bonds is 20. The van der Waals surface area contributed by atoms with E-state index in [1.165, 1.54) is 28.6 Å². The Hall–Kier alpha value is -5.85. The zero-order valence-electron chi connectivity index (χ0n) is 38.6. The lowest BCUT2D eigenvalue weighted by atomic mass is 9.81. The van der Waals surface area contributed by atoms with E-state index in [4.69, 9.17) is 4.74 Å². The number of aromatic amines is 1. The number of carbonyl (C=O) groups excluding carboxylic acids is 1. The number of para-hydroxylation sites is 2. The Morgan fingerprint density at radius 1 is 0.892 bits per heavy atom. The molecule has 65 heavy (non-hydrogen) atoms. The van der Waals surface area contributed by atoms with Crippen molar-refractivity contribution in [2.75, 3.05) is 36.9 Å². The number of amides is 1. The highest BCUT2D eigenvalue weighted by atomic mass is 32.2. The fraction of sp³-hybridized carbons (Fsp3) is 0.377. The standard InChI is InChI=1S/C53H62FN5O5S/c1-37-36-39(27-28-40(37)51-56-44-30-29-43(54)38(2)50(44)57-51)64-34-19-31-55-49(60)26-11-8-16-32-58-45-22-14-12-20-41(45)52(3,4)47(58)24-9-7-10-25-48-53(5,6)42-21-13-15-23-46(42)59(48)33-17-18-35-65(61,62)63/h7,9-10,12-15,20-25,27-30,36H,8,11,16-19,26,31-35H2,1-6H3,(H2-,55,56,57,60,61,62,63)/p+1. The molecule has 0 spiro atoms. The fourth-order valence-corrected chi connectivity index (χ4v) is 9.86. The first-order valence-corrected chi connectivity index (χ1v) is 24.4. The Bertz CT molecular complexity index is 2780. The molecule has 0 bridgehead atoms. The molecule has 2 aliphatic rings. The van der Waals surface area contributed by atoms with Crippen molar-refractivity contribution in [3.8, 4) is 17.1 Å². The molecule has 3 heterocycles. The number of H-pyrrole nitrogens is 1. The van der Waals surface area contributed by atoms with Crippen molar-refractivity contribution < 1.29 is 31.5 Å². The van der Waals surface area contributed by atoms with E-state index in [-0.39, 0.29) is 28.3 Å². The first-order chi connectivity index (χ1) is 31.1. The first kappa shape index (κ1) is 47.1. The van der Waals surface area contributed by atoms with E-state index in [2.05, 4.69) is 125 Å².